The molecule has 4 nitrogen and oxygen atoms in total. The van der Waals surface area contributed by atoms with E-state index in [1.165, 1.54) is 32.1 Å². The van der Waals surface area contributed by atoms with Crippen molar-refractivity contribution in [2.24, 2.45) is 11.8 Å². The summed E-state index contributed by atoms with van der Waals surface area (Å²) in [5.74, 6) is -0.516. The lowest BCUT2D eigenvalue weighted by molar-refractivity contribution is -0.148. The van der Waals surface area contributed by atoms with Gasteiger partial charge in [0.2, 0.25) is 14.2 Å². The molecule has 6 heteroatoms. The van der Waals surface area contributed by atoms with E-state index in [0.717, 1.165) is 0 Å². The van der Waals surface area contributed by atoms with Gasteiger partial charge in [-0.2, -0.15) is 0 Å². The molecule has 0 heterocycles. The van der Waals surface area contributed by atoms with Gasteiger partial charge in [-0.25, -0.2) is 0 Å². The second kappa shape index (κ2) is 8.17. The fourth-order valence-electron chi connectivity index (χ4n) is 3.67. The van der Waals surface area contributed by atoms with E-state index in [4.69, 9.17) is 4.43 Å². The van der Waals surface area contributed by atoms with Gasteiger partial charge >= 0.3 is 5.97 Å². The second-order valence-corrected chi connectivity index (χ2v) is 18.5. The van der Waals surface area contributed by atoms with E-state index in [1.54, 1.807) is 6.92 Å². The van der Waals surface area contributed by atoms with Gasteiger partial charge in [0.05, 0.1) is 0 Å². The summed E-state index contributed by atoms with van der Waals surface area (Å²) in [6.07, 6.45) is 6.22. The van der Waals surface area contributed by atoms with Crippen LogP contribution >= 0.6 is 0 Å². The largest absolute Gasteiger partial charge is 0.519 e. The highest BCUT2D eigenvalue weighted by molar-refractivity contribution is 6.75. The summed E-state index contributed by atoms with van der Waals surface area (Å²) in [4.78, 5) is 25.6. The maximum absolute atomic E-state index is 13.2. The van der Waals surface area contributed by atoms with Crippen molar-refractivity contribution in [3.63, 3.8) is 0 Å². The molecule has 0 spiro atoms. The van der Waals surface area contributed by atoms with E-state index in [0.29, 0.717) is 5.92 Å². The Kier molecular flexibility index (Phi) is 7.29. The van der Waals surface area contributed by atoms with Crippen LogP contribution in [0.15, 0.2) is 0 Å². The molecule has 24 heavy (non-hydrogen) atoms. The number of carbonyl (C=O) groups is 2. The van der Waals surface area contributed by atoms with Gasteiger partial charge in [-0.3, -0.25) is 9.59 Å². The maximum Gasteiger partial charge on any atom is 0.304 e. The van der Waals surface area contributed by atoms with E-state index in [1.807, 2.05) is 19.6 Å². The fourth-order valence-corrected chi connectivity index (χ4v) is 6.74. The zero-order chi connectivity index (χ0) is 18.7. The van der Waals surface area contributed by atoms with Crippen LogP contribution < -0.4 is 0 Å². The quantitative estimate of drug-likeness (QED) is 0.505. The minimum absolute atomic E-state index is 0.0320. The van der Waals surface area contributed by atoms with Crippen LogP contribution in [0.4, 0.5) is 0 Å². The molecular weight excluding hydrogens is 334 g/mol. The molecule has 0 saturated heterocycles. The molecule has 1 aliphatic carbocycles. The first kappa shape index (κ1) is 21.4. The molecule has 2 unspecified atom stereocenters. The Morgan fingerprint density at radius 2 is 1.46 bits per heavy atom. The van der Waals surface area contributed by atoms with Gasteiger partial charge in [-0.1, -0.05) is 38.9 Å². The second-order valence-electron chi connectivity index (χ2n) is 9.27. The lowest BCUT2D eigenvalue weighted by Gasteiger charge is -2.44. The molecule has 0 aromatic carbocycles. The van der Waals surface area contributed by atoms with Crippen LogP contribution in [0.25, 0.3) is 0 Å². The first-order chi connectivity index (χ1) is 10.8. The summed E-state index contributed by atoms with van der Waals surface area (Å²) in [5, 5.41) is 0. The molecule has 140 valence electrons. The minimum atomic E-state index is -1.98. The summed E-state index contributed by atoms with van der Waals surface area (Å²) in [6, 6.07) is 0.214. The third-order valence-corrected chi connectivity index (χ3v) is 7.72. The summed E-state index contributed by atoms with van der Waals surface area (Å²) in [7, 11) is -3.85. The Balaban J connectivity index is 2.94. The Labute approximate surface area is 150 Å². The van der Waals surface area contributed by atoms with Crippen LogP contribution in [0.1, 0.15) is 46.0 Å². The van der Waals surface area contributed by atoms with E-state index < -0.39 is 22.5 Å². The zero-order valence-corrected chi connectivity index (χ0v) is 18.9. The lowest BCUT2D eigenvalue weighted by atomic mass is 9.84. The highest BCUT2D eigenvalue weighted by Crippen LogP contribution is 2.32. The monoisotopic (exact) mass is 371 g/mol. The van der Waals surface area contributed by atoms with Gasteiger partial charge < -0.3 is 8.99 Å². The minimum Gasteiger partial charge on any atom is -0.519 e. The first-order valence-corrected chi connectivity index (χ1v) is 16.3. The molecule has 0 radical (unpaired) electrons. The Morgan fingerprint density at radius 1 is 0.958 bits per heavy atom. The van der Waals surface area contributed by atoms with Crippen LogP contribution in [0.3, 0.4) is 0 Å². The highest BCUT2D eigenvalue weighted by atomic mass is 28.4. The molecule has 0 aliphatic heterocycles. The average molecular weight is 372 g/mol. The van der Waals surface area contributed by atoms with Crippen molar-refractivity contribution in [2.45, 2.75) is 91.3 Å². The molecular formula is C18H37NO3Si2. The van der Waals surface area contributed by atoms with Gasteiger partial charge in [0, 0.05) is 6.04 Å². The topological polar surface area (TPSA) is 46.6 Å². The van der Waals surface area contributed by atoms with Gasteiger partial charge in [-0.15, -0.1) is 0 Å². The van der Waals surface area contributed by atoms with Crippen LogP contribution in [0, 0.1) is 11.8 Å². The normalized spacial score (nSPS) is 19.5. The first-order valence-electron chi connectivity index (χ1n) is 9.40. The smallest absolute Gasteiger partial charge is 0.304 e. The van der Waals surface area contributed by atoms with E-state index in [-0.39, 0.29) is 17.9 Å². The van der Waals surface area contributed by atoms with E-state index >= 15 is 0 Å². The number of hydrogen-bond donors (Lipinski definition) is 0. The van der Waals surface area contributed by atoms with Crippen LogP contribution in [0.2, 0.25) is 39.3 Å². The maximum atomic E-state index is 13.2. The predicted molar refractivity (Wildman–Crippen MR) is 105 cm³/mol. The third-order valence-electron chi connectivity index (χ3n) is 4.83. The number of nitrogens with zero attached hydrogens (tertiary/aromatic N) is 1. The van der Waals surface area contributed by atoms with E-state index in [9.17, 15) is 9.59 Å². The van der Waals surface area contributed by atoms with Gasteiger partial charge in [0.1, 0.15) is 5.92 Å². The van der Waals surface area contributed by atoms with Gasteiger partial charge in [0.15, 0.2) is 8.24 Å². The van der Waals surface area contributed by atoms with Crippen molar-refractivity contribution in [1.82, 2.24) is 4.57 Å². The van der Waals surface area contributed by atoms with Gasteiger partial charge in [0.25, 0.3) is 0 Å². The molecule has 1 saturated carbocycles. The Hall–Kier alpha value is -0.626. The lowest BCUT2D eigenvalue weighted by Crippen LogP contribution is -2.59. The summed E-state index contributed by atoms with van der Waals surface area (Å²) >= 11 is 0. The van der Waals surface area contributed by atoms with Crippen LogP contribution in [0.5, 0.6) is 0 Å². The molecule has 1 rings (SSSR count). The fraction of sp³-hybridized carbons (Fsp3) is 0.889. The Bertz CT molecular complexity index is 448. The molecule has 1 aliphatic rings. The Morgan fingerprint density at radius 3 is 1.88 bits per heavy atom. The predicted octanol–water partition coefficient (Wildman–Crippen LogP) is 4.63. The van der Waals surface area contributed by atoms with Crippen molar-refractivity contribution in [2.75, 3.05) is 0 Å². The number of amides is 1. The molecule has 2 atom stereocenters. The molecule has 0 bridgehead atoms. The third kappa shape index (κ3) is 6.02. The summed E-state index contributed by atoms with van der Waals surface area (Å²) in [5.41, 5.74) is 0. The van der Waals surface area contributed by atoms with E-state index in [2.05, 4.69) is 31.1 Å². The molecule has 1 fully saturated rings. The number of carbonyl (C=O) groups excluding carboxylic acids is 2. The van der Waals surface area contributed by atoms with Crippen molar-refractivity contribution < 1.29 is 14.0 Å². The highest BCUT2D eigenvalue weighted by Gasteiger charge is 2.41. The van der Waals surface area contributed by atoms with Crippen molar-refractivity contribution in [3.05, 3.63) is 0 Å². The van der Waals surface area contributed by atoms with Crippen LogP contribution in [-0.4, -0.2) is 39.0 Å². The molecule has 0 aromatic rings. The number of hydrogen-bond acceptors (Lipinski definition) is 3. The van der Waals surface area contributed by atoms with Crippen molar-refractivity contribution in [1.29, 1.82) is 0 Å². The summed E-state index contributed by atoms with van der Waals surface area (Å²) in [6.45, 7) is 16.4. The SMILES string of the molecule is CC(C(=O)O[Si](C)(C)C)C(=O)N(C(C)C1CCCCC1)[Si](C)(C)C. The standard InChI is InChI=1S/C18H37NO3Si2/c1-14(18(21)22-24(6,7)8)17(20)19(23(3,4)5)15(2)16-12-10-9-11-13-16/h14-16H,9-13H2,1-8H3. The van der Waals surface area contributed by atoms with Crippen molar-refractivity contribution in [3.8, 4) is 0 Å². The van der Waals surface area contributed by atoms with Gasteiger partial charge in [-0.05, 0) is 52.2 Å². The zero-order valence-electron chi connectivity index (χ0n) is 16.9. The number of rotatable bonds is 6. The summed E-state index contributed by atoms with van der Waals surface area (Å²) < 4.78 is 7.66. The molecule has 0 aromatic heterocycles. The molecule has 1 amide bonds. The molecule has 0 N–H and O–H groups in total. The average Bonchev–Trinajstić information content (AvgIpc) is 2.44. The van der Waals surface area contributed by atoms with Crippen LogP contribution in [-0.2, 0) is 14.0 Å². The van der Waals surface area contributed by atoms with Crippen molar-refractivity contribution >= 4 is 28.4 Å².